The van der Waals surface area contributed by atoms with Gasteiger partial charge in [-0.2, -0.15) is 5.26 Å². The van der Waals surface area contributed by atoms with Crippen LogP contribution >= 0.6 is 0 Å². The summed E-state index contributed by atoms with van der Waals surface area (Å²) < 4.78 is 5.78. The number of hydrogen-bond donors (Lipinski definition) is 2. The summed E-state index contributed by atoms with van der Waals surface area (Å²) in [7, 11) is 0. The third kappa shape index (κ3) is 4.81. The second-order valence-electron chi connectivity index (χ2n) is 12.4. The third-order valence-electron chi connectivity index (χ3n) is 9.43. The molecule has 1 aromatic heterocycles. The number of benzene rings is 2. The first kappa shape index (κ1) is 27.5. The molecule has 0 unspecified atom stereocenters. The minimum Gasteiger partial charge on any atom is -0.371 e. The van der Waals surface area contributed by atoms with Crippen LogP contribution in [0.25, 0.3) is 10.9 Å². The largest absolute Gasteiger partial charge is 0.371 e. The van der Waals surface area contributed by atoms with Crippen LogP contribution in [0.4, 0.5) is 5.69 Å². The maximum atomic E-state index is 13.9. The molecule has 0 spiro atoms. The third-order valence-corrected chi connectivity index (χ3v) is 9.43. The summed E-state index contributed by atoms with van der Waals surface area (Å²) in [5, 5.41) is 10.2. The Kier molecular flexibility index (Phi) is 7.13. The second kappa shape index (κ2) is 10.6. The van der Waals surface area contributed by atoms with Gasteiger partial charge < -0.3 is 25.3 Å². The number of piperazine rings is 1. The summed E-state index contributed by atoms with van der Waals surface area (Å²) in [5.41, 5.74) is 12.6. The van der Waals surface area contributed by atoms with Gasteiger partial charge in [0.25, 0.3) is 0 Å². The molecule has 1 saturated heterocycles. The zero-order valence-corrected chi connectivity index (χ0v) is 24.3. The van der Waals surface area contributed by atoms with Crippen molar-refractivity contribution in [2.75, 3.05) is 44.3 Å². The molecule has 1 aliphatic heterocycles. The fraction of sp³-hybridized carbons (Fsp3) is 0.485. The van der Waals surface area contributed by atoms with Crippen LogP contribution in [0.1, 0.15) is 78.3 Å². The number of hydrogen-bond acceptors (Lipinski definition) is 6. The van der Waals surface area contributed by atoms with Crippen LogP contribution in [-0.2, 0) is 21.4 Å². The Hall–Kier alpha value is -3.67. The van der Waals surface area contributed by atoms with Gasteiger partial charge in [0.05, 0.1) is 23.8 Å². The van der Waals surface area contributed by atoms with E-state index in [1.165, 1.54) is 0 Å². The SMILES string of the molecule is CCc1cc2c(cc1N1CCN(C(=O)COC[C@@H]3CC[C@@H](N)C3)CC1)C(C)(C)c1[nH]c3cc(C#N)ccc3c1C2=O. The number of carbonyl (C=O) groups is 2. The fourth-order valence-corrected chi connectivity index (χ4v) is 7.02. The lowest BCUT2D eigenvalue weighted by Crippen LogP contribution is -2.50. The average molecular weight is 554 g/mol. The minimum atomic E-state index is -0.427. The van der Waals surface area contributed by atoms with Crippen LogP contribution in [0.3, 0.4) is 0 Å². The molecule has 2 aromatic carbocycles. The lowest BCUT2D eigenvalue weighted by molar-refractivity contribution is -0.136. The summed E-state index contributed by atoms with van der Waals surface area (Å²) >= 11 is 0. The molecule has 2 fully saturated rings. The van der Waals surface area contributed by atoms with Gasteiger partial charge >= 0.3 is 0 Å². The number of nitriles is 1. The zero-order valence-electron chi connectivity index (χ0n) is 24.3. The van der Waals surface area contributed by atoms with Crippen LogP contribution in [-0.4, -0.2) is 67.0 Å². The highest BCUT2D eigenvalue weighted by molar-refractivity contribution is 6.20. The van der Waals surface area contributed by atoms with Crippen molar-refractivity contribution < 1.29 is 14.3 Å². The van der Waals surface area contributed by atoms with Crippen molar-refractivity contribution in [3.63, 3.8) is 0 Å². The summed E-state index contributed by atoms with van der Waals surface area (Å²) in [6, 6.07) is 12.2. The van der Waals surface area contributed by atoms with E-state index in [0.717, 1.165) is 77.7 Å². The lowest BCUT2D eigenvalue weighted by atomic mass is 9.70. The van der Waals surface area contributed by atoms with Gasteiger partial charge in [0, 0.05) is 65.5 Å². The highest BCUT2D eigenvalue weighted by Gasteiger charge is 2.40. The number of nitrogens with zero attached hydrogens (tertiary/aromatic N) is 3. The number of fused-ring (bicyclic) bond motifs is 4. The molecule has 2 aliphatic carbocycles. The molecule has 3 aromatic rings. The number of rotatable bonds is 6. The molecule has 6 rings (SSSR count). The molecule has 2 heterocycles. The molecular formula is C33H39N5O3. The smallest absolute Gasteiger partial charge is 0.248 e. The van der Waals surface area contributed by atoms with E-state index in [2.05, 4.69) is 48.9 Å². The fourth-order valence-electron chi connectivity index (χ4n) is 7.02. The number of carbonyl (C=O) groups excluding carboxylic acids is 2. The quantitative estimate of drug-likeness (QED) is 0.471. The Bertz CT molecular complexity index is 1560. The molecule has 0 radical (unpaired) electrons. The minimum absolute atomic E-state index is 0.0292. The number of aromatic nitrogens is 1. The molecule has 41 heavy (non-hydrogen) atoms. The second-order valence-corrected chi connectivity index (χ2v) is 12.4. The first-order valence-electron chi connectivity index (χ1n) is 14.9. The Morgan fingerprint density at radius 1 is 1.17 bits per heavy atom. The van der Waals surface area contributed by atoms with Crippen molar-refractivity contribution >= 4 is 28.3 Å². The Balaban J connectivity index is 1.20. The van der Waals surface area contributed by atoms with Gasteiger partial charge in [-0.25, -0.2) is 0 Å². The number of anilines is 1. The molecule has 3 N–H and O–H groups in total. The number of nitrogens with one attached hydrogen (secondary N) is 1. The van der Waals surface area contributed by atoms with Crippen molar-refractivity contribution in [2.24, 2.45) is 11.7 Å². The number of ketones is 1. The summed E-state index contributed by atoms with van der Waals surface area (Å²) in [4.78, 5) is 34.5. The van der Waals surface area contributed by atoms with Crippen LogP contribution in [0, 0.1) is 17.2 Å². The molecule has 8 heteroatoms. The molecule has 8 nitrogen and oxygen atoms in total. The van der Waals surface area contributed by atoms with Gasteiger partial charge in [-0.3, -0.25) is 9.59 Å². The number of amides is 1. The molecule has 1 amide bonds. The highest BCUT2D eigenvalue weighted by Crippen LogP contribution is 2.45. The van der Waals surface area contributed by atoms with E-state index in [1.807, 2.05) is 17.0 Å². The molecule has 0 bridgehead atoms. The number of nitrogens with two attached hydrogens (primary N) is 1. The first-order chi connectivity index (χ1) is 19.7. The molecular weight excluding hydrogens is 514 g/mol. The normalized spacial score (nSPS) is 21.6. The monoisotopic (exact) mass is 553 g/mol. The Morgan fingerprint density at radius 3 is 2.63 bits per heavy atom. The van der Waals surface area contributed by atoms with Gasteiger partial charge in [-0.1, -0.05) is 26.8 Å². The molecule has 214 valence electrons. The summed E-state index contributed by atoms with van der Waals surface area (Å²) in [5.74, 6) is 0.546. The predicted molar refractivity (Wildman–Crippen MR) is 159 cm³/mol. The highest BCUT2D eigenvalue weighted by atomic mass is 16.5. The number of aryl methyl sites for hydroxylation is 1. The van der Waals surface area contributed by atoms with Crippen molar-refractivity contribution in [2.45, 2.75) is 57.9 Å². The van der Waals surface area contributed by atoms with E-state index < -0.39 is 5.41 Å². The van der Waals surface area contributed by atoms with E-state index in [9.17, 15) is 14.9 Å². The molecule has 1 saturated carbocycles. The summed E-state index contributed by atoms with van der Waals surface area (Å²) in [6.07, 6.45) is 3.92. The number of H-pyrrole nitrogens is 1. The van der Waals surface area contributed by atoms with E-state index in [-0.39, 0.29) is 24.3 Å². The molecule has 2 atom stereocenters. The maximum Gasteiger partial charge on any atom is 0.248 e. The van der Waals surface area contributed by atoms with Gasteiger partial charge in [0.1, 0.15) is 6.61 Å². The van der Waals surface area contributed by atoms with Crippen LogP contribution in [0.2, 0.25) is 0 Å². The topological polar surface area (TPSA) is 115 Å². The van der Waals surface area contributed by atoms with Gasteiger partial charge in [-0.15, -0.1) is 0 Å². The standard InChI is InChI=1S/C33H39N5O3/c1-4-22-15-25-26(33(2,3)32-30(31(25)40)24-8-6-20(17-34)14-27(24)36-32)16-28(22)37-9-11-38(12-10-37)29(39)19-41-18-21-5-7-23(35)13-21/h6,8,14-16,21,23,36H,4-5,7,9-13,18-19,35H2,1-3H3/t21-,23-/m1/s1. The predicted octanol–water partition coefficient (Wildman–Crippen LogP) is 4.26. The number of aromatic amines is 1. The van der Waals surface area contributed by atoms with Crippen molar-refractivity contribution in [1.29, 1.82) is 5.26 Å². The summed E-state index contributed by atoms with van der Waals surface area (Å²) in [6.45, 7) is 9.93. The van der Waals surface area contributed by atoms with E-state index in [0.29, 0.717) is 36.7 Å². The maximum absolute atomic E-state index is 13.9. The van der Waals surface area contributed by atoms with Crippen LogP contribution < -0.4 is 10.6 Å². The van der Waals surface area contributed by atoms with Crippen molar-refractivity contribution in [3.05, 3.63) is 63.8 Å². The lowest BCUT2D eigenvalue weighted by Gasteiger charge is -2.39. The zero-order chi connectivity index (χ0) is 28.9. The van der Waals surface area contributed by atoms with E-state index >= 15 is 0 Å². The average Bonchev–Trinajstić information content (AvgIpc) is 3.58. The molecule has 3 aliphatic rings. The van der Waals surface area contributed by atoms with Gasteiger partial charge in [0.2, 0.25) is 5.91 Å². The van der Waals surface area contributed by atoms with Crippen LogP contribution in [0.5, 0.6) is 0 Å². The van der Waals surface area contributed by atoms with Crippen molar-refractivity contribution in [3.8, 4) is 6.07 Å². The Morgan fingerprint density at radius 2 is 1.95 bits per heavy atom. The first-order valence-corrected chi connectivity index (χ1v) is 14.9. The van der Waals surface area contributed by atoms with Crippen LogP contribution in [0.15, 0.2) is 30.3 Å². The van der Waals surface area contributed by atoms with E-state index in [1.54, 1.807) is 6.07 Å². The Labute approximate surface area is 241 Å². The van der Waals surface area contributed by atoms with Crippen molar-refractivity contribution in [1.82, 2.24) is 9.88 Å². The van der Waals surface area contributed by atoms with Gasteiger partial charge in [0.15, 0.2) is 5.78 Å². The van der Waals surface area contributed by atoms with Gasteiger partial charge in [-0.05, 0) is 67.0 Å². The number of ether oxygens (including phenoxy) is 1. The van der Waals surface area contributed by atoms with E-state index in [4.69, 9.17) is 10.5 Å².